The number of piperidine rings is 1. The van der Waals surface area contributed by atoms with Gasteiger partial charge in [-0.1, -0.05) is 0 Å². The van der Waals surface area contributed by atoms with Gasteiger partial charge in [-0.3, -0.25) is 9.89 Å². The Labute approximate surface area is 201 Å². The summed E-state index contributed by atoms with van der Waals surface area (Å²) in [6.45, 7) is 19.0. The SMILES string of the molecule is CN=C(NCCCN(C(C)C)C(C)C)NCC1CCCN(C(=O)OC(C)(C)C)C1.I. The van der Waals surface area contributed by atoms with Crippen LogP contribution in [0.15, 0.2) is 4.99 Å². The summed E-state index contributed by atoms with van der Waals surface area (Å²) in [5.74, 6) is 1.24. The van der Waals surface area contributed by atoms with Crippen LogP contribution in [0.1, 0.15) is 67.7 Å². The van der Waals surface area contributed by atoms with E-state index >= 15 is 0 Å². The predicted molar refractivity (Wildman–Crippen MR) is 137 cm³/mol. The highest BCUT2D eigenvalue weighted by atomic mass is 127. The predicted octanol–water partition coefficient (Wildman–Crippen LogP) is 3.93. The summed E-state index contributed by atoms with van der Waals surface area (Å²) in [7, 11) is 1.80. The number of carbonyl (C=O) groups excluding carboxylic acids is 1. The largest absolute Gasteiger partial charge is 0.444 e. The fourth-order valence-electron chi connectivity index (χ4n) is 3.77. The minimum atomic E-state index is -0.449. The molecule has 178 valence electrons. The summed E-state index contributed by atoms with van der Waals surface area (Å²) in [5.41, 5.74) is -0.449. The zero-order valence-corrected chi connectivity index (χ0v) is 22.8. The van der Waals surface area contributed by atoms with E-state index in [2.05, 4.69) is 48.2 Å². The van der Waals surface area contributed by atoms with Crippen molar-refractivity contribution in [3.05, 3.63) is 0 Å². The number of carbonyl (C=O) groups is 1. The van der Waals surface area contributed by atoms with Crippen molar-refractivity contribution in [2.75, 3.05) is 39.8 Å². The molecule has 1 rings (SSSR count). The molecule has 2 N–H and O–H groups in total. The molecule has 1 atom stereocenters. The number of hydrogen-bond donors (Lipinski definition) is 2. The molecule has 1 fully saturated rings. The van der Waals surface area contributed by atoms with Crippen LogP contribution >= 0.6 is 24.0 Å². The van der Waals surface area contributed by atoms with E-state index in [1.807, 2.05) is 25.7 Å². The normalized spacial score (nSPS) is 17.9. The van der Waals surface area contributed by atoms with Gasteiger partial charge in [0.2, 0.25) is 0 Å². The molecule has 1 aliphatic heterocycles. The number of nitrogens with one attached hydrogen (secondary N) is 2. The fourth-order valence-corrected chi connectivity index (χ4v) is 3.77. The molecule has 7 nitrogen and oxygen atoms in total. The maximum Gasteiger partial charge on any atom is 0.410 e. The van der Waals surface area contributed by atoms with E-state index in [0.717, 1.165) is 57.9 Å². The lowest BCUT2D eigenvalue weighted by atomic mass is 9.98. The molecule has 1 saturated heterocycles. The molecule has 1 amide bonds. The number of nitrogens with zero attached hydrogens (tertiary/aromatic N) is 3. The molecule has 1 heterocycles. The molecule has 30 heavy (non-hydrogen) atoms. The third-order valence-corrected chi connectivity index (χ3v) is 5.16. The van der Waals surface area contributed by atoms with Gasteiger partial charge in [0, 0.05) is 51.9 Å². The Morgan fingerprint density at radius 1 is 1.20 bits per heavy atom. The molecule has 0 aromatic carbocycles. The fraction of sp³-hybridized carbons (Fsp3) is 0.909. The van der Waals surface area contributed by atoms with E-state index in [9.17, 15) is 4.79 Å². The standard InChI is InChI=1S/C22H45N5O2.HI/c1-17(2)27(18(3)4)14-10-12-24-20(23-8)25-15-19-11-9-13-26(16-19)21(28)29-22(5,6)7;/h17-19H,9-16H2,1-8H3,(H2,23,24,25);1H. The number of likely N-dealkylation sites (tertiary alicyclic amines) is 1. The molecule has 0 saturated carbocycles. The molecule has 0 radical (unpaired) electrons. The van der Waals surface area contributed by atoms with Gasteiger partial charge in [-0.25, -0.2) is 4.79 Å². The highest BCUT2D eigenvalue weighted by Gasteiger charge is 2.27. The first-order valence-corrected chi connectivity index (χ1v) is 11.2. The van der Waals surface area contributed by atoms with Crippen LogP contribution in [0.3, 0.4) is 0 Å². The van der Waals surface area contributed by atoms with E-state index in [0.29, 0.717) is 18.0 Å². The lowest BCUT2D eigenvalue weighted by Gasteiger charge is -2.34. The number of guanidine groups is 1. The Balaban J connectivity index is 0.00000841. The summed E-state index contributed by atoms with van der Waals surface area (Å²) in [5, 5.41) is 6.84. The van der Waals surface area contributed by atoms with Crippen LogP contribution in [-0.4, -0.2) is 79.3 Å². The second kappa shape index (κ2) is 14.3. The summed E-state index contributed by atoms with van der Waals surface area (Å²) in [6, 6.07) is 1.12. The van der Waals surface area contributed by atoms with Gasteiger partial charge in [0.15, 0.2) is 5.96 Å². The number of ether oxygens (including phenoxy) is 1. The summed E-state index contributed by atoms with van der Waals surface area (Å²) in [6.07, 6.45) is 3.00. The topological polar surface area (TPSA) is 69.2 Å². The van der Waals surface area contributed by atoms with Crippen molar-refractivity contribution in [3.8, 4) is 0 Å². The third-order valence-electron chi connectivity index (χ3n) is 5.16. The van der Waals surface area contributed by atoms with Gasteiger partial charge in [0.05, 0.1) is 0 Å². The van der Waals surface area contributed by atoms with Crippen molar-refractivity contribution in [3.63, 3.8) is 0 Å². The number of aliphatic imine (C=N–C) groups is 1. The van der Waals surface area contributed by atoms with Crippen LogP contribution in [0.5, 0.6) is 0 Å². The van der Waals surface area contributed by atoms with E-state index in [4.69, 9.17) is 4.74 Å². The van der Waals surface area contributed by atoms with Gasteiger partial charge in [-0.15, -0.1) is 24.0 Å². The van der Waals surface area contributed by atoms with Crippen LogP contribution in [-0.2, 0) is 4.74 Å². The number of amides is 1. The molecule has 1 unspecified atom stereocenters. The van der Waals surface area contributed by atoms with Gasteiger partial charge in [0.25, 0.3) is 0 Å². The molecule has 0 aliphatic carbocycles. The number of rotatable bonds is 8. The summed E-state index contributed by atoms with van der Waals surface area (Å²) < 4.78 is 5.52. The third kappa shape index (κ3) is 11.6. The Bertz CT molecular complexity index is 512. The van der Waals surface area contributed by atoms with Crippen LogP contribution in [0.4, 0.5) is 4.79 Å². The van der Waals surface area contributed by atoms with Crippen LogP contribution in [0.25, 0.3) is 0 Å². The minimum absolute atomic E-state index is 0. The molecular formula is C22H46IN5O2. The Kier molecular flexibility index (Phi) is 14.0. The van der Waals surface area contributed by atoms with Gasteiger partial charge in [-0.05, 0) is 73.6 Å². The molecule has 0 spiro atoms. The van der Waals surface area contributed by atoms with Crippen molar-refractivity contribution in [1.29, 1.82) is 0 Å². The minimum Gasteiger partial charge on any atom is -0.444 e. The van der Waals surface area contributed by atoms with Crippen LogP contribution in [0, 0.1) is 5.92 Å². The smallest absolute Gasteiger partial charge is 0.410 e. The van der Waals surface area contributed by atoms with Crippen molar-refractivity contribution in [1.82, 2.24) is 20.4 Å². The number of halogens is 1. The molecule has 0 aromatic heterocycles. The van der Waals surface area contributed by atoms with Gasteiger partial charge in [-0.2, -0.15) is 0 Å². The average molecular weight is 540 g/mol. The Hall–Kier alpha value is -0.770. The quantitative estimate of drug-likeness (QED) is 0.212. The Morgan fingerprint density at radius 3 is 2.37 bits per heavy atom. The molecule has 8 heteroatoms. The van der Waals surface area contributed by atoms with Gasteiger partial charge in [0.1, 0.15) is 5.60 Å². The zero-order chi connectivity index (χ0) is 22.0. The van der Waals surface area contributed by atoms with E-state index < -0.39 is 5.60 Å². The molecule has 1 aliphatic rings. The van der Waals surface area contributed by atoms with E-state index in [-0.39, 0.29) is 30.1 Å². The Morgan fingerprint density at radius 2 is 1.83 bits per heavy atom. The molecule has 0 aromatic rings. The second-order valence-corrected chi connectivity index (χ2v) is 9.59. The average Bonchev–Trinajstić information content (AvgIpc) is 2.62. The molecule has 0 bridgehead atoms. The van der Waals surface area contributed by atoms with E-state index in [1.165, 1.54) is 0 Å². The zero-order valence-electron chi connectivity index (χ0n) is 20.5. The number of hydrogen-bond acceptors (Lipinski definition) is 4. The highest BCUT2D eigenvalue weighted by molar-refractivity contribution is 14.0. The van der Waals surface area contributed by atoms with Crippen molar-refractivity contribution in [2.45, 2.75) is 85.4 Å². The molecular weight excluding hydrogens is 493 g/mol. The first-order chi connectivity index (χ1) is 13.5. The second-order valence-electron chi connectivity index (χ2n) is 9.59. The van der Waals surface area contributed by atoms with Crippen LogP contribution < -0.4 is 10.6 Å². The lowest BCUT2D eigenvalue weighted by Crippen LogP contribution is -2.47. The lowest BCUT2D eigenvalue weighted by molar-refractivity contribution is 0.0168. The van der Waals surface area contributed by atoms with Crippen molar-refractivity contribution >= 4 is 36.0 Å². The van der Waals surface area contributed by atoms with Gasteiger partial charge >= 0.3 is 6.09 Å². The van der Waals surface area contributed by atoms with Gasteiger partial charge < -0.3 is 20.3 Å². The first kappa shape index (κ1) is 29.2. The van der Waals surface area contributed by atoms with Crippen LogP contribution in [0.2, 0.25) is 0 Å². The summed E-state index contributed by atoms with van der Waals surface area (Å²) >= 11 is 0. The summed E-state index contributed by atoms with van der Waals surface area (Å²) in [4.78, 5) is 21.0. The van der Waals surface area contributed by atoms with E-state index in [1.54, 1.807) is 7.05 Å². The first-order valence-electron chi connectivity index (χ1n) is 11.2. The van der Waals surface area contributed by atoms with Crippen molar-refractivity contribution < 1.29 is 9.53 Å². The maximum absolute atomic E-state index is 12.3. The highest BCUT2D eigenvalue weighted by Crippen LogP contribution is 2.18. The monoisotopic (exact) mass is 539 g/mol. The maximum atomic E-state index is 12.3. The van der Waals surface area contributed by atoms with Crippen molar-refractivity contribution in [2.24, 2.45) is 10.9 Å².